The van der Waals surface area contributed by atoms with Gasteiger partial charge in [0.15, 0.2) is 28.8 Å². The highest BCUT2D eigenvalue weighted by molar-refractivity contribution is 6.06. The molecule has 0 bridgehead atoms. The Hall–Kier alpha value is -7.94. The quantitative estimate of drug-likeness (QED) is 0.0549. The number of nitrogens with one attached hydrogen (secondary N) is 3. The first-order valence-electron chi connectivity index (χ1n) is 19.4. The number of aromatic hydroxyl groups is 1. The molecule has 0 aliphatic carbocycles. The number of anilines is 2. The third kappa shape index (κ3) is 12.3. The zero-order valence-corrected chi connectivity index (χ0v) is 34.0. The molecule has 0 spiro atoms. The summed E-state index contributed by atoms with van der Waals surface area (Å²) in [6, 6.07) is 25.8. The fourth-order valence-corrected chi connectivity index (χ4v) is 6.30. The topological polar surface area (TPSA) is 248 Å². The molecule has 4 amide bonds. The number of carbonyl (C=O) groups excluding carboxylic acids is 7. The first-order chi connectivity index (χ1) is 29.5. The van der Waals surface area contributed by atoms with Crippen molar-refractivity contribution in [3.63, 3.8) is 0 Å². The number of rotatable bonds is 19. The molecule has 7 N–H and O–H groups in total. The Balaban J connectivity index is 1.20. The van der Waals surface area contributed by atoms with Crippen molar-refractivity contribution in [2.24, 2.45) is 5.73 Å². The summed E-state index contributed by atoms with van der Waals surface area (Å²) < 4.78 is 5.87. The number of nitrogens with two attached hydrogens (primary N) is 1. The largest absolute Gasteiger partial charge is 0.504 e. The van der Waals surface area contributed by atoms with Gasteiger partial charge in [-0.3, -0.25) is 33.6 Å². The van der Waals surface area contributed by atoms with Crippen LogP contribution in [0, 0.1) is 0 Å². The van der Waals surface area contributed by atoms with Gasteiger partial charge in [-0.2, -0.15) is 0 Å². The Morgan fingerprint density at radius 1 is 0.613 bits per heavy atom. The van der Waals surface area contributed by atoms with Crippen LogP contribution in [0.1, 0.15) is 95.7 Å². The number of hydrogen-bond acceptors (Lipinski definition) is 10. The molecular weight excluding hydrogens is 797 g/mol. The van der Waals surface area contributed by atoms with E-state index >= 15 is 0 Å². The number of carboxylic acid groups (broad SMARTS) is 1. The maximum atomic E-state index is 13.5. The van der Waals surface area contributed by atoms with Crippen LogP contribution in [0.5, 0.6) is 11.5 Å². The summed E-state index contributed by atoms with van der Waals surface area (Å²) in [5, 5.41) is 28.2. The molecule has 318 valence electrons. The van der Waals surface area contributed by atoms with Crippen LogP contribution in [0.15, 0.2) is 109 Å². The molecule has 0 aliphatic rings. The monoisotopic (exact) mass is 840 g/mol. The van der Waals surface area contributed by atoms with Crippen molar-refractivity contribution in [2.45, 2.75) is 58.6 Å². The molecule has 0 saturated carbocycles. The Bertz CT molecular complexity index is 2510. The van der Waals surface area contributed by atoms with Gasteiger partial charge in [0.1, 0.15) is 0 Å². The summed E-state index contributed by atoms with van der Waals surface area (Å²) in [5.74, 6) is -4.99. The second-order valence-corrected chi connectivity index (χ2v) is 14.6. The molecule has 1 atom stereocenters. The Kier molecular flexibility index (Phi) is 14.8. The summed E-state index contributed by atoms with van der Waals surface area (Å²) in [5.41, 5.74) is 8.51. The minimum Gasteiger partial charge on any atom is -0.504 e. The van der Waals surface area contributed by atoms with Gasteiger partial charge >= 0.3 is 5.97 Å². The molecule has 15 nitrogen and oxygen atoms in total. The van der Waals surface area contributed by atoms with Crippen LogP contribution in [0.25, 0.3) is 0 Å². The third-order valence-corrected chi connectivity index (χ3v) is 9.41. The first kappa shape index (κ1) is 45.1. The number of Topliss-reactive ketones (excluding diaryl/α,β-unsaturated/α-hetero) is 3. The molecule has 0 radical (unpaired) electrons. The van der Waals surface area contributed by atoms with E-state index < -0.39 is 59.6 Å². The van der Waals surface area contributed by atoms with E-state index in [0.717, 1.165) is 0 Å². The lowest BCUT2D eigenvalue weighted by Gasteiger charge is -2.18. The normalized spacial score (nSPS) is 11.2. The van der Waals surface area contributed by atoms with Crippen LogP contribution in [0.2, 0.25) is 0 Å². The highest BCUT2D eigenvalue weighted by Crippen LogP contribution is 2.36. The molecule has 0 aliphatic heterocycles. The lowest BCUT2D eigenvalue weighted by molar-refractivity contribution is -0.125. The average molecular weight is 841 g/mol. The molecule has 5 aromatic carbocycles. The Labute approximate surface area is 356 Å². The molecule has 5 aromatic rings. The van der Waals surface area contributed by atoms with Crippen LogP contribution in [0.3, 0.4) is 0 Å². The minimum absolute atomic E-state index is 0.0176. The molecular formula is C47H44N4O11. The molecule has 0 saturated heterocycles. The molecule has 0 aromatic heterocycles. The van der Waals surface area contributed by atoms with E-state index in [1.807, 2.05) is 0 Å². The minimum atomic E-state index is -1.26. The zero-order chi connectivity index (χ0) is 45.1. The van der Waals surface area contributed by atoms with Crippen LogP contribution in [-0.4, -0.2) is 69.3 Å². The highest BCUT2D eigenvalue weighted by atomic mass is 16.5. The van der Waals surface area contributed by atoms with Gasteiger partial charge in [-0.25, -0.2) is 4.79 Å². The SMILES string of the molecule is CC(=O)Nc1ccc(C(=O)Nc2ccc(C(=O)N[C@@H](CC(N)=O)C(=O)Cc3ccc(C(=O)Cc4ccc(C(=O)Cc5ccc(C(=O)O)cc5)c(O)c4OC(C)C)cc3)cc2)cc1. The Morgan fingerprint density at radius 3 is 1.66 bits per heavy atom. The van der Waals surface area contributed by atoms with Gasteiger partial charge < -0.3 is 36.6 Å². The van der Waals surface area contributed by atoms with Crippen LogP contribution in [0.4, 0.5) is 11.4 Å². The smallest absolute Gasteiger partial charge is 0.335 e. The predicted molar refractivity (Wildman–Crippen MR) is 229 cm³/mol. The second-order valence-electron chi connectivity index (χ2n) is 14.6. The molecule has 5 rings (SSSR count). The Morgan fingerprint density at radius 2 is 1.13 bits per heavy atom. The number of primary amides is 1. The third-order valence-electron chi connectivity index (χ3n) is 9.41. The number of ether oxygens (including phenoxy) is 1. The van der Waals surface area contributed by atoms with Gasteiger partial charge in [0.05, 0.1) is 29.7 Å². The highest BCUT2D eigenvalue weighted by Gasteiger charge is 2.25. The average Bonchev–Trinajstić information content (AvgIpc) is 3.22. The maximum absolute atomic E-state index is 13.5. The number of carbonyl (C=O) groups is 8. The predicted octanol–water partition coefficient (Wildman–Crippen LogP) is 5.72. The standard InChI is InChI=1S/C47H44N4O11/c1-26(2)62-44-34(16-21-37(43(44)57)40(54)22-28-6-10-33(11-7-28)47(60)61)24-39(53)30-8-4-29(5-9-30)23-41(55)38(25-42(48)56)51-46(59)32-14-19-36(20-15-32)50-45(58)31-12-17-35(18-13-31)49-27(3)52/h4-21,26,38,57H,22-25H2,1-3H3,(H2,48,56)(H,49,52)(H,50,58)(H,51,59)(H,60,61)/t38-/m0/s1. The number of carboxylic acids is 1. The summed E-state index contributed by atoms with van der Waals surface area (Å²) in [7, 11) is 0. The number of benzene rings is 5. The lowest BCUT2D eigenvalue weighted by Crippen LogP contribution is -2.44. The summed E-state index contributed by atoms with van der Waals surface area (Å²) in [4.78, 5) is 100. The maximum Gasteiger partial charge on any atom is 0.335 e. The van der Waals surface area contributed by atoms with Gasteiger partial charge in [0.25, 0.3) is 11.8 Å². The number of phenols is 1. The van der Waals surface area contributed by atoms with Crippen molar-refractivity contribution in [1.82, 2.24) is 5.32 Å². The van der Waals surface area contributed by atoms with Crippen molar-refractivity contribution in [3.8, 4) is 11.5 Å². The van der Waals surface area contributed by atoms with E-state index in [9.17, 15) is 43.5 Å². The van der Waals surface area contributed by atoms with E-state index in [4.69, 9.17) is 15.6 Å². The molecule has 15 heteroatoms. The molecule has 0 fully saturated rings. The lowest BCUT2D eigenvalue weighted by atomic mass is 9.95. The zero-order valence-electron chi connectivity index (χ0n) is 34.0. The molecule has 0 unspecified atom stereocenters. The van der Waals surface area contributed by atoms with Gasteiger partial charge in [-0.15, -0.1) is 0 Å². The van der Waals surface area contributed by atoms with Crippen LogP contribution in [-0.2, 0) is 33.6 Å². The summed E-state index contributed by atoms with van der Waals surface area (Å²) >= 11 is 0. The van der Waals surface area contributed by atoms with E-state index in [2.05, 4.69) is 16.0 Å². The van der Waals surface area contributed by atoms with Gasteiger partial charge in [0.2, 0.25) is 11.8 Å². The van der Waals surface area contributed by atoms with E-state index in [1.54, 1.807) is 50.2 Å². The molecule has 62 heavy (non-hydrogen) atoms. The van der Waals surface area contributed by atoms with Crippen molar-refractivity contribution < 1.29 is 53.3 Å². The number of phenolic OH excluding ortho intramolecular Hbond substituents is 1. The number of ketones is 3. The first-order valence-corrected chi connectivity index (χ1v) is 19.4. The van der Waals surface area contributed by atoms with Crippen LogP contribution < -0.4 is 26.4 Å². The van der Waals surface area contributed by atoms with Crippen LogP contribution >= 0.6 is 0 Å². The second kappa shape index (κ2) is 20.4. The molecule has 0 heterocycles. The van der Waals surface area contributed by atoms with Crippen molar-refractivity contribution in [3.05, 3.63) is 154 Å². The van der Waals surface area contributed by atoms with Gasteiger partial charge in [0, 0.05) is 59.8 Å². The summed E-state index contributed by atoms with van der Waals surface area (Å²) in [6.45, 7) is 4.83. The van der Waals surface area contributed by atoms with Crippen molar-refractivity contribution in [1.29, 1.82) is 0 Å². The number of amides is 4. The van der Waals surface area contributed by atoms with E-state index in [0.29, 0.717) is 33.6 Å². The van der Waals surface area contributed by atoms with Gasteiger partial charge in [-0.05, 0) is 91.7 Å². The van der Waals surface area contributed by atoms with E-state index in [-0.39, 0.29) is 59.0 Å². The van der Waals surface area contributed by atoms with Crippen molar-refractivity contribution in [2.75, 3.05) is 10.6 Å². The number of hydrogen-bond donors (Lipinski definition) is 6. The summed E-state index contributed by atoms with van der Waals surface area (Å²) in [6.07, 6.45) is -1.40. The van der Waals surface area contributed by atoms with Crippen molar-refractivity contribution >= 4 is 58.3 Å². The fourth-order valence-electron chi connectivity index (χ4n) is 6.30. The fraction of sp³-hybridized carbons (Fsp3) is 0.191. The van der Waals surface area contributed by atoms with E-state index in [1.165, 1.54) is 79.7 Å². The number of aromatic carboxylic acids is 1. The van der Waals surface area contributed by atoms with Gasteiger partial charge in [-0.1, -0.05) is 42.5 Å².